The van der Waals surface area contributed by atoms with Gasteiger partial charge in [-0.2, -0.15) is 4.31 Å². The first kappa shape index (κ1) is 18.3. The zero-order chi connectivity index (χ0) is 15.7. The number of hydrogen-bond acceptors (Lipinski definition) is 5. The highest BCUT2D eigenvalue weighted by atomic mass is 32.2. The van der Waals surface area contributed by atoms with Gasteiger partial charge in [-0.25, -0.2) is 8.42 Å². The molecule has 0 saturated carbocycles. The van der Waals surface area contributed by atoms with Gasteiger partial charge < -0.3 is 15.2 Å². The Bertz CT molecular complexity index is 407. The molecule has 124 valence electrons. The predicted octanol–water partition coefficient (Wildman–Crippen LogP) is -0.437. The molecule has 0 bridgehead atoms. The van der Waals surface area contributed by atoms with Crippen LogP contribution in [0.5, 0.6) is 0 Å². The number of nitrogens with zero attached hydrogens (tertiary/aromatic N) is 1. The SMILES string of the molecule is CC(CO)CCCNC(=O)CCS(=O)(=O)N1CCOCC1. The van der Waals surface area contributed by atoms with Crippen LogP contribution in [0.1, 0.15) is 26.2 Å². The fourth-order valence-corrected chi connectivity index (χ4v) is 3.44. The maximum Gasteiger partial charge on any atom is 0.221 e. The fraction of sp³-hybridized carbons (Fsp3) is 0.923. The van der Waals surface area contributed by atoms with Gasteiger partial charge in [0.2, 0.25) is 15.9 Å². The normalized spacial score (nSPS) is 18.4. The molecule has 7 nitrogen and oxygen atoms in total. The predicted molar refractivity (Wildman–Crippen MR) is 79.3 cm³/mol. The van der Waals surface area contributed by atoms with Crippen molar-refractivity contribution in [1.29, 1.82) is 0 Å². The van der Waals surface area contributed by atoms with Crippen LogP contribution in [0.15, 0.2) is 0 Å². The largest absolute Gasteiger partial charge is 0.396 e. The van der Waals surface area contributed by atoms with Gasteiger partial charge in [-0.15, -0.1) is 0 Å². The van der Waals surface area contributed by atoms with Gasteiger partial charge in [0.15, 0.2) is 0 Å². The van der Waals surface area contributed by atoms with Gasteiger partial charge in [0.25, 0.3) is 0 Å². The second kappa shape index (κ2) is 9.34. The Labute approximate surface area is 126 Å². The molecule has 1 unspecified atom stereocenters. The lowest BCUT2D eigenvalue weighted by molar-refractivity contribution is -0.120. The van der Waals surface area contributed by atoms with Gasteiger partial charge in [0.1, 0.15) is 0 Å². The number of rotatable bonds is 9. The summed E-state index contributed by atoms with van der Waals surface area (Å²) in [5.74, 6) is -0.182. The number of ether oxygens (including phenoxy) is 1. The summed E-state index contributed by atoms with van der Waals surface area (Å²) < 4.78 is 30.5. The molecule has 1 aliphatic rings. The molecular formula is C13H26N2O5S. The number of amides is 1. The topological polar surface area (TPSA) is 95.9 Å². The Morgan fingerprint density at radius 2 is 2.05 bits per heavy atom. The minimum absolute atomic E-state index is 0.0186. The van der Waals surface area contributed by atoms with Crippen molar-refractivity contribution in [2.45, 2.75) is 26.2 Å². The summed E-state index contributed by atoms with van der Waals surface area (Å²) in [6.07, 6.45) is 1.60. The van der Waals surface area contributed by atoms with Crippen LogP contribution in [0.4, 0.5) is 0 Å². The number of morpholine rings is 1. The molecule has 0 aromatic rings. The number of sulfonamides is 1. The average molecular weight is 322 g/mol. The third kappa shape index (κ3) is 7.21. The summed E-state index contributed by atoms with van der Waals surface area (Å²) in [6, 6.07) is 0. The second-order valence-electron chi connectivity index (χ2n) is 5.36. The molecule has 0 aromatic carbocycles. The second-order valence-corrected chi connectivity index (χ2v) is 7.45. The Balaban J connectivity index is 2.19. The van der Waals surface area contributed by atoms with Crippen LogP contribution in [0, 0.1) is 5.92 Å². The van der Waals surface area contributed by atoms with Gasteiger partial charge in [0, 0.05) is 32.7 Å². The Morgan fingerprint density at radius 3 is 2.67 bits per heavy atom. The fourth-order valence-electron chi connectivity index (χ4n) is 2.03. The monoisotopic (exact) mass is 322 g/mol. The molecule has 1 heterocycles. The van der Waals surface area contributed by atoms with Crippen molar-refractivity contribution in [3.05, 3.63) is 0 Å². The van der Waals surface area contributed by atoms with E-state index in [2.05, 4.69) is 5.32 Å². The molecule has 8 heteroatoms. The quantitative estimate of drug-likeness (QED) is 0.561. The van der Waals surface area contributed by atoms with Crippen LogP contribution in [-0.4, -0.2) is 68.9 Å². The van der Waals surface area contributed by atoms with Crippen molar-refractivity contribution in [1.82, 2.24) is 9.62 Å². The number of aliphatic hydroxyl groups is 1. The van der Waals surface area contributed by atoms with Gasteiger partial charge >= 0.3 is 0 Å². The first-order valence-electron chi connectivity index (χ1n) is 7.39. The van der Waals surface area contributed by atoms with E-state index >= 15 is 0 Å². The first-order chi connectivity index (χ1) is 9.95. The summed E-state index contributed by atoms with van der Waals surface area (Å²) in [5.41, 5.74) is 0. The van der Waals surface area contributed by atoms with Crippen molar-refractivity contribution in [2.75, 3.05) is 45.2 Å². The Morgan fingerprint density at radius 1 is 1.38 bits per heavy atom. The molecule has 1 aliphatic heterocycles. The van der Waals surface area contributed by atoms with E-state index in [9.17, 15) is 13.2 Å². The van der Waals surface area contributed by atoms with Crippen molar-refractivity contribution in [3.8, 4) is 0 Å². The summed E-state index contributed by atoms with van der Waals surface area (Å²) in [6.45, 7) is 4.15. The third-order valence-corrected chi connectivity index (χ3v) is 5.33. The van der Waals surface area contributed by atoms with Gasteiger partial charge in [-0.05, 0) is 18.8 Å². The van der Waals surface area contributed by atoms with Crippen LogP contribution in [0.3, 0.4) is 0 Å². The van der Waals surface area contributed by atoms with Crippen molar-refractivity contribution in [3.63, 3.8) is 0 Å². The lowest BCUT2D eigenvalue weighted by atomic mass is 10.1. The van der Waals surface area contributed by atoms with Crippen LogP contribution in [0.2, 0.25) is 0 Å². The molecule has 1 atom stereocenters. The van der Waals surface area contributed by atoms with Crippen LogP contribution in [-0.2, 0) is 19.6 Å². The maximum atomic E-state index is 12.0. The molecule has 1 rings (SSSR count). The van der Waals surface area contributed by atoms with Gasteiger partial charge in [-0.3, -0.25) is 4.79 Å². The van der Waals surface area contributed by atoms with Crippen LogP contribution in [0.25, 0.3) is 0 Å². The van der Waals surface area contributed by atoms with Gasteiger partial charge in [0.05, 0.1) is 19.0 Å². The van der Waals surface area contributed by atoms with Crippen molar-refractivity contribution < 1.29 is 23.1 Å². The minimum atomic E-state index is -3.37. The molecule has 1 amide bonds. The lowest BCUT2D eigenvalue weighted by Gasteiger charge is -2.25. The standard InChI is InChI=1S/C13H26N2O5S/c1-12(11-16)3-2-5-14-13(17)4-10-21(18,19)15-6-8-20-9-7-15/h12,16H,2-11H2,1H3,(H,14,17). The molecule has 1 fully saturated rings. The van der Waals surface area contributed by atoms with Crippen LogP contribution >= 0.6 is 0 Å². The molecular weight excluding hydrogens is 296 g/mol. The van der Waals surface area contributed by atoms with E-state index in [0.29, 0.717) is 32.8 Å². The number of carbonyl (C=O) groups is 1. The average Bonchev–Trinajstić information content (AvgIpc) is 2.50. The molecule has 0 aromatic heterocycles. The summed E-state index contributed by atoms with van der Waals surface area (Å²) in [7, 11) is -3.37. The highest BCUT2D eigenvalue weighted by molar-refractivity contribution is 7.89. The smallest absolute Gasteiger partial charge is 0.221 e. The number of hydrogen-bond donors (Lipinski definition) is 2. The molecule has 0 spiro atoms. The summed E-state index contributed by atoms with van der Waals surface area (Å²) in [5, 5.41) is 11.6. The molecule has 21 heavy (non-hydrogen) atoms. The lowest BCUT2D eigenvalue weighted by Crippen LogP contribution is -2.42. The van der Waals surface area contributed by atoms with E-state index in [-0.39, 0.29) is 30.6 Å². The zero-order valence-electron chi connectivity index (χ0n) is 12.6. The van der Waals surface area contributed by atoms with E-state index in [1.165, 1.54) is 4.31 Å². The number of carbonyl (C=O) groups excluding carboxylic acids is 1. The Hall–Kier alpha value is -0.700. The van der Waals surface area contributed by atoms with E-state index in [4.69, 9.17) is 9.84 Å². The van der Waals surface area contributed by atoms with Crippen LogP contribution < -0.4 is 5.32 Å². The Kier molecular flexibility index (Phi) is 8.16. The third-order valence-electron chi connectivity index (χ3n) is 3.46. The van der Waals surface area contributed by atoms with Gasteiger partial charge in [-0.1, -0.05) is 6.92 Å². The zero-order valence-corrected chi connectivity index (χ0v) is 13.4. The van der Waals surface area contributed by atoms with Crippen molar-refractivity contribution >= 4 is 15.9 Å². The van der Waals surface area contributed by atoms with E-state index in [1.54, 1.807) is 0 Å². The molecule has 0 aliphatic carbocycles. The van der Waals surface area contributed by atoms with Crippen molar-refractivity contribution in [2.24, 2.45) is 5.92 Å². The summed E-state index contributed by atoms with van der Waals surface area (Å²) in [4.78, 5) is 11.6. The van der Waals surface area contributed by atoms with E-state index in [1.807, 2.05) is 6.92 Å². The number of nitrogens with one attached hydrogen (secondary N) is 1. The van der Waals surface area contributed by atoms with E-state index < -0.39 is 10.0 Å². The highest BCUT2D eigenvalue weighted by Gasteiger charge is 2.24. The number of aliphatic hydroxyl groups excluding tert-OH is 1. The molecule has 0 radical (unpaired) electrons. The first-order valence-corrected chi connectivity index (χ1v) is 8.99. The highest BCUT2D eigenvalue weighted by Crippen LogP contribution is 2.07. The van der Waals surface area contributed by atoms with E-state index in [0.717, 1.165) is 12.8 Å². The summed E-state index contributed by atoms with van der Waals surface area (Å²) >= 11 is 0. The molecule has 1 saturated heterocycles. The molecule has 2 N–H and O–H groups in total. The maximum absolute atomic E-state index is 12.0. The minimum Gasteiger partial charge on any atom is -0.396 e.